The number of carbonyl (C=O) groups is 3. The van der Waals surface area contributed by atoms with E-state index in [0.717, 1.165) is 11.1 Å². The summed E-state index contributed by atoms with van der Waals surface area (Å²) in [6.07, 6.45) is -0.117. The van der Waals surface area contributed by atoms with E-state index in [2.05, 4.69) is 5.32 Å². The molecule has 2 unspecified atom stereocenters. The smallest absolute Gasteiger partial charge is 0.305 e. The summed E-state index contributed by atoms with van der Waals surface area (Å²) in [6, 6.07) is 7.92. The van der Waals surface area contributed by atoms with Crippen molar-refractivity contribution in [1.29, 1.82) is 0 Å². The Morgan fingerprint density at radius 2 is 2.00 bits per heavy atom. The van der Waals surface area contributed by atoms with Crippen molar-refractivity contribution in [3.8, 4) is 0 Å². The van der Waals surface area contributed by atoms with Crippen LogP contribution in [0.1, 0.15) is 30.9 Å². The van der Waals surface area contributed by atoms with Gasteiger partial charge in [0.05, 0.1) is 24.5 Å². The number of carbonyl (C=O) groups excluding carboxylic acids is 2. The molecule has 1 aromatic carbocycles. The maximum absolute atomic E-state index is 12.6. The van der Waals surface area contributed by atoms with Gasteiger partial charge in [0, 0.05) is 26.6 Å². The van der Waals surface area contributed by atoms with Crippen molar-refractivity contribution in [2.75, 3.05) is 20.3 Å². The Morgan fingerprint density at radius 3 is 2.58 bits per heavy atom. The van der Waals surface area contributed by atoms with E-state index in [0.29, 0.717) is 13.1 Å². The third-order valence-corrected chi connectivity index (χ3v) is 4.51. The van der Waals surface area contributed by atoms with Crippen LogP contribution in [0.15, 0.2) is 24.3 Å². The molecule has 0 saturated carbocycles. The Hall–Kier alpha value is -2.41. The first-order valence-corrected chi connectivity index (χ1v) is 8.58. The van der Waals surface area contributed by atoms with Crippen molar-refractivity contribution in [2.45, 2.75) is 38.8 Å². The van der Waals surface area contributed by atoms with E-state index < -0.39 is 17.4 Å². The lowest BCUT2D eigenvalue weighted by Crippen LogP contribution is -2.52. The van der Waals surface area contributed by atoms with Crippen LogP contribution < -0.4 is 5.32 Å². The number of aryl methyl sites for hydroxylation is 1. The number of likely N-dealkylation sites (tertiary alicyclic amines) is 1. The molecule has 1 saturated heterocycles. The fourth-order valence-electron chi connectivity index (χ4n) is 3.20. The molecule has 0 aromatic heterocycles. The number of aliphatic carboxylic acids is 1. The molecule has 0 bridgehead atoms. The molecule has 1 heterocycles. The zero-order valence-corrected chi connectivity index (χ0v) is 15.4. The van der Waals surface area contributed by atoms with Crippen LogP contribution in [0.2, 0.25) is 0 Å². The SMILES string of the molecule is COCC(C)(CC(=O)O)NC(=O)C1CC(=O)N(Cc2ccc(C)cc2)C1. The lowest BCUT2D eigenvalue weighted by atomic mass is 9.97. The molecule has 2 amide bonds. The lowest BCUT2D eigenvalue weighted by molar-refractivity contribution is -0.140. The van der Waals surface area contributed by atoms with Gasteiger partial charge in [0.1, 0.15) is 0 Å². The molecular formula is C19H26N2O5. The number of amides is 2. The number of ether oxygens (including phenoxy) is 1. The number of hydrogen-bond acceptors (Lipinski definition) is 4. The third kappa shape index (κ3) is 5.29. The van der Waals surface area contributed by atoms with E-state index in [9.17, 15) is 14.4 Å². The molecule has 2 atom stereocenters. The van der Waals surface area contributed by atoms with Crippen LogP contribution in [-0.4, -0.2) is 53.6 Å². The number of rotatable bonds is 8. The van der Waals surface area contributed by atoms with Crippen LogP contribution >= 0.6 is 0 Å². The second kappa shape index (κ2) is 8.31. The van der Waals surface area contributed by atoms with Crippen LogP contribution in [0, 0.1) is 12.8 Å². The summed E-state index contributed by atoms with van der Waals surface area (Å²) in [7, 11) is 1.45. The summed E-state index contributed by atoms with van der Waals surface area (Å²) in [5, 5.41) is 11.8. The molecule has 0 spiro atoms. The van der Waals surface area contributed by atoms with Gasteiger partial charge in [0.25, 0.3) is 0 Å². The van der Waals surface area contributed by atoms with Crippen LogP contribution in [0.3, 0.4) is 0 Å². The number of carboxylic acids is 1. The molecule has 1 aliphatic rings. The molecule has 2 N–H and O–H groups in total. The predicted molar refractivity (Wildman–Crippen MR) is 95.4 cm³/mol. The molecule has 0 aliphatic carbocycles. The molecular weight excluding hydrogens is 336 g/mol. The van der Waals surface area contributed by atoms with Gasteiger partial charge in [0.2, 0.25) is 11.8 Å². The average Bonchev–Trinajstić information content (AvgIpc) is 2.90. The zero-order valence-electron chi connectivity index (χ0n) is 15.4. The van der Waals surface area contributed by atoms with Gasteiger partial charge in [-0.2, -0.15) is 0 Å². The fraction of sp³-hybridized carbons (Fsp3) is 0.526. The molecule has 142 valence electrons. The number of nitrogens with one attached hydrogen (secondary N) is 1. The number of benzene rings is 1. The fourth-order valence-corrected chi connectivity index (χ4v) is 3.20. The number of nitrogens with zero attached hydrogens (tertiary/aromatic N) is 1. The lowest BCUT2D eigenvalue weighted by Gasteiger charge is -2.29. The first-order chi connectivity index (χ1) is 12.2. The van der Waals surface area contributed by atoms with E-state index in [1.165, 1.54) is 7.11 Å². The van der Waals surface area contributed by atoms with Gasteiger partial charge >= 0.3 is 5.97 Å². The summed E-state index contributed by atoms with van der Waals surface area (Å²) in [4.78, 5) is 37.5. The summed E-state index contributed by atoms with van der Waals surface area (Å²) >= 11 is 0. The minimum Gasteiger partial charge on any atom is -0.481 e. The zero-order chi connectivity index (χ0) is 19.3. The van der Waals surface area contributed by atoms with Crippen molar-refractivity contribution < 1.29 is 24.2 Å². The Balaban J connectivity index is 1.98. The minimum absolute atomic E-state index is 0.0718. The van der Waals surface area contributed by atoms with Crippen molar-refractivity contribution >= 4 is 17.8 Å². The number of hydrogen-bond donors (Lipinski definition) is 2. The van der Waals surface area contributed by atoms with Gasteiger partial charge in [-0.3, -0.25) is 14.4 Å². The molecule has 26 heavy (non-hydrogen) atoms. The van der Waals surface area contributed by atoms with Gasteiger partial charge in [-0.05, 0) is 19.4 Å². The van der Waals surface area contributed by atoms with Crippen molar-refractivity contribution in [1.82, 2.24) is 10.2 Å². The largest absolute Gasteiger partial charge is 0.481 e. The van der Waals surface area contributed by atoms with E-state index >= 15 is 0 Å². The summed E-state index contributed by atoms with van der Waals surface area (Å²) in [6.45, 7) is 4.50. The predicted octanol–water partition coefficient (Wildman–Crippen LogP) is 1.34. The standard InChI is InChI=1S/C19H26N2O5/c1-13-4-6-14(7-5-13)10-21-11-15(8-16(21)22)18(25)20-19(2,12-26-3)9-17(23)24/h4-7,15H,8-12H2,1-3H3,(H,20,25)(H,23,24). The summed E-state index contributed by atoms with van der Waals surface area (Å²) in [5.74, 6) is -1.89. The van der Waals surface area contributed by atoms with Crippen LogP contribution in [0.25, 0.3) is 0 Å². The van der Waals surface area contributed by atoms with Crippen molar-refractivity contribution in [3.05, 3.63) is 35.4 Å². The van der Waals surface area contributed by atoms with Crippen LogP contribution in [0.5, 0.6) is 0 Å². The molecule has 7 nitrogen and oxygen atoms in total. The van der Waals surface area contributed by atoms with Gasteiger partial charge in [-0.15, -0.1) is 0 Å². The van der Waals surface area contributed by atoms with Crippen LogP contribution in [0.4, 0.5) is 0 Å². The summed E-state index contributed by atoms with van der Waals surface area (Å²) in [5.41, 5.74) is 1.15. The highest BCUT2D eigenvalue weighted by Crippen LogP contribution is 2.22. The van der Waals surface area contributed by atoms with E-state index in [-0.39, 0.29) is 31.3 Å². The highest BCUT2D eigenvalue weighted by atomic mass is 16.5. The molecule has 2 rings (SSSR count). The highest BCUT2D eigenvalue weighted by Gasteiger charge is 2.38. The second-order valence-electron chi connectivity index (χ2n) is 7.21. The van der Waals surface area contributed by atoms with E-state index in [1.807, 2.05) is 31.2 Å². The van der Waals surface area contributed by atoms with Crippen molar-refractivity contribution in [2.24, 2.45) is 5.92 Å². The number of methoxy groups -OCH3 is 1. The van der Waals surface area contributed by atoms with Crippen LogP contribution in [-0.2, 0) is 25.7 Å². The maximum Gasteiger partial charge on any atom is 0.305 e. The van der Waals surface area contributed by atoms with Gasteiger partial charge in [0.15, 0.2) is 0 Å². The monoisotopic (exact) mass is 362 g/mol. The highest BCUT2D eigenvalue weighted by molar-refractivity contribution is 5.89. The maximum atomic E-state index is 12.6. The number of carboxylic acid groups (broad SMARTS) is 1. The first-order valence-electron chi connectivity index (χ1n) is 8.58. The second-order valence-corrected chi connectivity index (χ2v) is 7.21. The molecule has 1 aliphatic heterocycles. The van der Waals surface area contributed by atoms with Gasteiger partial charge in [-0.25, -0.2) is 0 Å². The van der Waals surface area contributed by atoms with E-state index in [1.54, 1.807) is 11.8 Å². The van der Waals surface area contributed by atoms with E-state index in [4.69, 9.17) is 9.84 Å². The molecule has 1 aromatic rings. The van der Waals surface area contributed by atoms with Gasteiger partial charge < -0.3 is 20.1 Å². The molecule has 7 heteroatoms. The van der Waals surface area contributed by atoms with Gasteiger partial charge in [-0.1, -0.05) is 29.8 Å². The normalized spacial score (nSPS) is 19.3. The Kier molecular flexibility index (Phi) is 6.37. The average molecular weight is 362 g/mol. The topological polar surface area (TPSA) is 95.9 Å². The first kappa shape index (κ1) is 19.9. The molecule has 0 radical (unpaired) electrons. The summed E-state index contributed by atoms with van der Waals surface area (Å²) < 4.78 is 5.05. The Morgan fingerprint density at radius 1 is 1.35 bits per heavy atom. The quantitative estimate of drug-likeness (QED) is 0.728. The van der Waals surface area contributed by atoms with Crippen molar-refractivity contribution in [3.63, 3.8) is 0 Å². The minimum atomic E-state index is -1.02. The molecule has 1 fully saturated rings. The third-order valence-electron chi connectivity index (χ3n) is 4.51. The Labute approximate surface area is 153 Å². The Bertz CT molecular complexity index is 673.